The molecule has 0 saturated heterocycles. The molecule has 0 amide bonds. The lowest BCUT2D eigenvalue weighted by Gasteiger charge is -2.09. The van der Waals surface area contributed by atoms with E-state index in [0.29, 0.717) is 4.67 Å². The van der Waals surface area contributed by atoms with Gasteiger partial charge in [-0.1, -0.05) is 29.8 Å². The van der Waals surface area contributed by atoms with Crippen molar-refractivity contribution in [2.45, 2.75) is 13.0 Å². The van der Waals surface area contributed by atoms with E-state index in [0.717, 1.165) is 11.1 Å². The van der Waals surface area contributed by atoms with Gasteiger partial charge in [-0.25, -0.2) is 0 Å². The van der Waals surface area contributed by atoms with Gasteiger partial charge in [-0.3, -0.25) is 0 Å². The fraction of sp³-hybridized carbons (Fsp3) is 0.167. The smallest absolute Gasteiger partial charge is 0.175 e. The lowest BCUT2D eigenvalue weighted by atomic mass is 10.0. The van der Waals surface area contributed by atoms with Gasteiger partial charge in [0.2, 0.25) is 0 Å². The fourth-order valence-electron chi connectivity index (χ4n) is 1.43. The summed E-state index contributed by atoms with van der Waals surface area (Å²) in [5.74, 6) is 0. The van der Waals surface area contributed by atoms with Crippen LogP contribution in [-0.4, -0.2) is 5.11 Å². The van der Waals surface area contributed by atoms with Crippen molar-refractivity contribution in [3.8, 4) is 0 Å². The number of benzene rings is 1. The molecule has 1 aromatic carbocycles. The normalized spacial score (nSPS) is 12.7. The summed E-state index contributed by atoms with van der Waals surface area (Å²) in [5, 5.41) is 10.1. The number of aliphatic hydroxyl groups is 1. The molecule has 3 heteroatoms. The molecule has 1 aromatic heterocycles. The van der Waals surface area contributed by atoms with Crippen molar-refractivity contribution in [2.75, 3.05) is 0 Å². The average Bonchev–Trinajstić information content (AvgIpc) is 2.65. The summed E-state index contributed by atoms with van der Waals surface area (Å²) in [5.41, 5.74) is 2.79. The van der Waals surface area contributed by atoms with Crippen LogP contribution in [0.15, 0.2) is 45.7 Å². The number of halogens is 1. The van der Waals surface area contributed by atoms with E-state index in [4.69, 9.17) is 4.42 Å². The van der Waals surface area contributed by atoms with E-state index in [1.807, 2.05) is 31.2 Å². The predicted octanol–water partition coefficient (Wildman–Crippen LogP) is 3.43. The summed E-state index contributed by atoms with van der Waals surface area (Å²) >= 11 is 3.25. The number of furan rings is 1. The minimum atomic E-state index is -0.640. The van der Waals surface area contributed by atoms with Crippen molar-refractivity contribution >= 4 is 15.9 Å². The molecule has 2 rings (SSSR count). The first-order chi connectivity index (χ1) is 7.18. The Morgan fingerprint density at radius 1 is 1.20 bits per heavy atom. The van der Waals surface area contributed by atoms with Gasteiger partial charge >= 0.3 is 0 Å². The van der Waals surface area contributed by atoms with Crippen LogP contribution in [0, 0.1) is 6.92 Å². The summed E-state index contributed by atoms with van der Waals surface area (Å²) in [6.45, 7) is 2.02. The Bertz CT molecular complexity index is 445. The third-order valence-corrected chi connectivity index (χ3v) is 2.98. The Morgan fingerprint density at radius 3 is 2.40 bits per heavy atom. The highest BCUT2D eigenvalue weighted by Crippen LogP contribution is 2.29. The van der Waals surface area contributed by atoms with Crippen LogP contribution in [0.3, 0.4) is 0 Å². The number of aryl methyl sites for hydroxylation is 1. The molecule has 0 aliphatic carbocycles. The van der Waals surface area contributed by atoms with Gasteiger partial charge in [0.1, 0.15) is 6.10 Å². The van der Waals surface area contributed by atoms with Crippen molar-refractivity contribution in [2.24, 2.45) is 0 Å². The van der Waals surface area contributed by atoms with Crippen LogP contribution in [0.2, 0.25) is 0 Å². The lowest BCUT2D eigenvalue weighted by Crippen LogP contribution is -1.98. The number of aliphatic hydroxyl groups excluding tert-OH is 1. The highest BCUT2D eigenvalue weighted by atomic mass is 79.9. The summed E-state index contributed by atoms with van der Waals surface area (Å²) < 4.78 is 5.67. The molecular formula is C12H11BrO2. The molecule has 1 heterocycles. The topological polar surface area (TPSA) is 33.4 Å². The van der Waals surface area contributed by atoms with E-state index in [9.17, 15) is 5.11 Å². The minimum Gasteiger partial charge on any atom is -0.457 e. The minimum absolute atomic E-state index is 0.579. The van der Waals surface area contributed by atoms with Crippen molar-refractivity contribution in [1.82, 2.24) is 0 Å². The molecule has 0 spiro atoms. The van der Waals surface area contributed by atoms with Gasteiger partial charge in [0.15, 0.2) is 4.67 Å². The molecule has 0 bridgehead atoms. The van der Waals surface area contributed by atoms with Crippen LogP contribution in [0.25, 0.3) is 0 Å². The molecule has 78 valence electrons. The molecule has 2 aromatic rings. The third-order valence-electron chi connectivity index (χ3n) is 2.33. The molecular weight excluding hydrogens is 256 g/mol. The van der Waals surface area contributed by atoms with E-state index in [-0.39, 0.29) is 0 Å². The van der Waals surface area contributed by atoms with Crippen molar-refractivity contribution in [1.29, 1.82) is 0 Å². The van der Waals surface area contributed by atoms with Gasteiger partial charge in [0, 0.05) is 5.56 Å². The summed E-state index contributed by atoms with van der Waals surface area (Å²) in [7, 11) is 0. The monoisotopic (exact) mass is 266 g/mol. The Balaban J connectivity index is 2.32. The highest BCUT2D eigenvalue weighted by molar-refractivity contribution is 9.10. The summed E-state index contributed by atoms with van der Waals surface area (Å²) in [6.07, 6.45) is 0.912. The summed E-state index contributed by atoms with van der Waals surface area (Å²) in [6, 6.07) is 9.55. The van der Waals surface area contributed by atoms with Crippen LogP contribution >= 0.6 is 15.9 Å². The van der Waals surface area contributed by atoms with E-state index in [1.54, 1.807) is 12.3 Å². The van der Waals surface area contributed by atoms with E-state index >= 15 is 0 Å². The van der Waals surface area contributed by atoms with Crippen LogP contribution in [0.4, 0.5) is 0 Å². The Labute approximate surface area is 96.7 Å². The first-order valence-electron chi connectivity index (χ1n) is 4.66. The van der Waals surface area contributed by atoms with E-state index < -0.39 is 6.10 Å². The highest BCUT2D eigenvalue weighted by Gasteiger charge is 2.15. The molecule has 1 N–H and O–H groups in total. The third kappa shape index (κ3) is 2.13. The average molecular weight is 267 g/mol. The Hall–Kier alpha value is -1.06. The molecule has 2 nitrogen and oxygen atoms in total. The van der Waals surface area contributed by atoms with Crippen molar-refractivity contribution in [3.05, 3.63) is 58.0 Å². The van der Waals surface area contributed by atoms with Crippen LogP contribution < -0.4 is 0 Å². The molecule has 1 unspecified atom stereocenters. The van der Waals surface area contributed by atoms with Crippen LogP contribution in [0.5, 0.6) is 0 Å². The standard InChI is InChI=1S/C12H11BrO2/c1-8-2-4-9(5-3-8)11(14)10-6-7-15-12(10)13/h2-7,11,14H,1H3. The zero-order chi connectivity index (χ0) is 10.8. The molecule has 0 saturated carbocycles. The maximum absolute atomic E-state index is 10.1. The maximum atomic E-state index is 10.1. The van der Waals surface area contributed by atoms with E-state index in [2.05, 4.69) is 15.9 Å². The maximum Gasteiger partial charge on any atom is 0.175 e. The molecule has 0 radical (unpaired) electrons. The fourth-order valence-corrected chi connectivity index (χ4v) is 1.88. The molecule has 0 fully saturated rings. The SMILES string of the molecule is Cc1ccc(C(O)c2ccoc2Br)cc1. The van der Waals surface area contributed by atoms with Gasteiger partial charge in [-0.2, -0.15) is 0 Å². The zero-order valence-electron chi connectivity index (χ0n) is 8.27. The Morgan fingerprint density at radius 2 is 1.87 bits per heavy atom. The summed E-state index contributed by atoms with van der Waals surface area (Å²) in [4.78, 5) is 0. The van der Waals surface area contributed by atoms with Crippen LogP contribution in [-0.2, 0) is 0 Å². The quantitative estimate of drug-likeness (QED) is 0.904. The van der Waals surface area contributed by atoms with Gasteiger partial charge in [0.25, 0.3) is 0 Å². The van der Waals surface area contributed by atoms with Gasteiger partial charge in [-0.05, 0) is 34.5 Å². The second-order valence-corrected chi connectivity index (χ2v) is 4.18. The second kappa shape index (κ2) is 4.21. The molecule has 15 heavy (non-hydrogen) atoms. The van der Waals surface area contributed by atoms with E-state index in [1.165, 1.54) is 5.56 Å². The Kier molecular flexibility index (Phi) is 2.93. The van der Waals surface area contributed by atoms with Gasteiger partial charge < -0.3 is 9.52 Å². The van der Waals surface area contributed by atoms with Gasteiger partial charge in [-0.15, -0.1) is 0 Å². The number of hydrogen-bond acceptors (Lipinski definition) is 2. The molecule has 0 aliphatic rings. The zero-order valence-corrected chi connectivity index (χ0v) is 9.86. The lowest BCUT2D eigenvalue weighted by molar-refractivity contribution is 0.218. The molecule has 1 atom stereocenters. The van der Waals surface area contributed by atoms with Gasteiger partial charge in [0.05, 0.1) is 6.26 Å². The number of rotatable bonds is 2. The predicted molar refractivity (Wildman–Crippen MR) is 61.6 cm³/mol. The van der Waals surface area contributed by atoms with Crippen molar-refractivity contribution in [3.63, 3.8) is 0 Å². The second-order valence-electron chi connectivity index (χ2n) is 3.46. The first kappa shape index (κ1) is 10.5. The first-order valence-corrected chi connectivity index (χ1v) is 5.45. The van der Waals surface area contributed by atoms with Crippen molar-refractivity contribution < 1.29 is 9.52 Å². The largest absolute Gasteiger partial charge is 0.457 e. The van der Waals surface area contributed by atoms with Crippen LogP contribution in [0.1, 0.15) is 22.8 Å². The molecule has 0 aliphatic heterocycles. The number of hydrogen-bond donors (Lipinski definition) is 1.